The second-order valence-electron chi connectivity index (χ2n) is 3.85. The number of ether oxygens (including phenoxy) is 1. The van der Waals surface area contributed by atoms with Crippen LogP contribution in [0.15, 0.2) is 27.4 Å². The highest BCUT2D eigenvalue weighted by atomic mass is 16.5. The molecule has 2 N–H and O–H groups in total. The highest BCUT2D eigenvalue weighted by Gasteiger charge is 2.16. The number of nitrogens with one attached hydrogen (secondary N) is 2. The zero-order valence-electron chi connectivity index (χ0n) is 10.1. The lowest BCUT2D eigenvalue weighted by molar-refractivity contribution is -0.141. The molecule has 0 bridgehead atoms. The highest BCUT2D eigenvalue weighted by Crippen LogP contribution is 2.17. The summed E-state index contributed by atoms with van der Waals surface area (Å²) in [6.45, 7) is 1.88. The molecule has 96 valence electrons. The maximum Gasteiger partial charge on any atom is 0.417 e. The molecule has 1 aromatic heterocycles. The summed E-state index contributed by atoms with van der Waals surface area (Å²) >= 11 is 0. The van der Waals surface area contributed by atoms with Crippen molar-refractivity contribution < 1.29 is 13.9 Å². The number of methoxy groups -OCH3 is 1. The number of aromatic amines is 1. The van der Waals surface area contributed by atoms with Crippen LogP contribution in [0.25, 0.3) is 11.1 Å². The molecule has 2 aromatic rings. The Balaban J connectivity index is 2.25. The number of esters is 1. The van der Waals surface area contributed by atoms with Crippen LogP contribution in [0.5, 0.6) is 0 Å². The first-order valence-electron chi connectivity index (χ1n) is 5.61. The largest absolute Gasteiger partial charge is 0.467 e. The van der Waals surface area contributed by atoms with Crippen LogP contribution in [0.1, 0.15) is 13.3 Å². The van der Waals surface area contributed by atoms with Gasteiger partial charge in [-0.3, -0.25) is 4.98 Å². The topological polar surface area (TPSA) is 84.3 Å². The quantitative estimate of drug-likeness (QED) is 0.803. The van der Waals surface area contributed by atoms with Gasteiger partial charge in [-0.1, -0.05) is 6.92 Å². The molecule has 0 radical (unpaired) electrons. The molecule has 1 aromatic carbocycles. The summed E-state index contributed by atoms with van der Waals surface area (Å²) in [6.07, 6.45) is 0.604. The molecule has 0 spiro atoms. The van der Waals surface area contributed by atoms with Gasteiger partial charge < -0.3 is 14.5 Å². The van der Waals surface area contributed by atoms with Crippen molar-refractivity contribution in [2.45, 2.75) is 19.4 Å². The molecular weight excluding hydrogens is 236 g/mol. The zero-order valence-corrected chi connectivity index (χ0v) is 10.1. The molecule has 0 saturated carbocycles. The normalized spacial score (nSPS) is 12.3. The fraction of sp³-hybridized carbons (Fsp3) is 0.333. The van der Waals surface area contributed by atoms with Crippen molar-refractivity contribution in [2.75, 3.05) is 12.4 Å². The Morgan fingerprint density at radius 1 is 1.56 bits per heavy atom. The van der Waals surface area contributed by atoms with Gasteiger partial charge in [-0.15, -0.1) is 0 Å². The van der Waals surface area contributed by atoms with E-state index in [-0.39, 0.29) is 5.97 Å². The SMILES string of the molecule is CCC(Nc1ccc2oc(=O)[nH]c2c1)C(=O)OC. The van der Waals surface area contributed by atoms with E-state index in [0.717, 1.165) is 5.69 Å². The summed E-state index contributed by atoms with van der Waals surface area (Å²) in [7, 11) is 1.35. The zero-order chi connectivity index (χ0) is 13.1. The van der Waals surface area contributed by atoms with E-state index in [4.69, 9.17) is 4.42 Å². The van der Waals surface area contributed by atoms with Gasteiger partial charge in [-0.25, -0.2) is 9.59 Å². The Kier molecular flexibility index (Phi) is 3.36. The van der Waals surface area contributed by atoms with Crippen molar-refractivity contribution in [1.82, 2.24) is 4.98 Å². The van der Waals surface area contributed by atoms with E-state index >= 15 is 0 Å². The number of carbonyl (C=O) groups excluding carboxylic acids is 1. The molecule has 0 aliphatic carbocycles. The Morgan fingerprint density at radius 2 is 2.33 bits per heavy atom. The maximum absolute atomic E-state index is 11.5. The number of anilines is 1. The molecule has 2 rings (SSSR count). The molecule has 0 saturated heterocycles. The molecule has 18 heavy (non-hydrogen) atoms. The van der Waals surface area contributed by atoms with E-state index in [1.54, 1.807) is 18.2 Å². The van der Waals surface area contributed by atoms with Crippen molar-refractivity contribution in [2.24, 2.45) is 0 Å². The van der Waals surface area contributed by atoms with Gasteiger partial charge >= 0.3 is 11.7 Å². The van der Waals surface area contributed by atoms with Crippen molar-refractivity contribution in [3.8, 4) is 0 Å². The number of hydrogen-bond donors (Lipinski definition) is 2. The van der Waals surface area contributed by atoms with E-state index < -0.39 is 11.8 Å². The van der Waals surface area contributed by atoms with Crippen molar-refractivity contribution in [3.63, 3.8) is 0 Å². The minimum atomic E-state index is -0.498. The minimum Gasteiger partial charge on any atom is -0.467 e. The number of carbonyl (C=O) groups is 1. The van der Waals surface area contributed by atoms with E-state index in [0.29, 0.717) is 17.5 Å². The predicted octanol–water partition coefficient (Wildman–Crippen LogP) is 1.48. The minimum absolute atomic E-state index is 0.321. The number of fused-ring (bicyclic) bond motifs is 1. The predicted molar refractivity (Wildman–Crippen MR) is 66.6 cm³/mol. The summed E-state index contributed by atoms with van der Waals surface area (Å²) in [5, 5.41) is 3.04. The van der Waals surface area contributed by atoms with Crippen LogP contribution in [-0.4, -0.2) is 24.1 Å². The second kappa shape index (κ2) is 4.95. The first-order valence-corrected chi connectivity index (χ1v) is 5.61. The molecule has 0 amide bonds. The van der Waals surface area contributed by atoms with Crippen LogP contribution in [-0.2, 0) is 9.53 Å². The van der Waals surface area contributed by atoms with E-state index in [9.17, 15) is 9.59 Å². The Bertz CT molecular complexity index is 614. The van der Waals surface area contributed by atoms with Gasteiger partial charge in [0.2, 0.25) is 0 Å². The standard InChI is InChI=1S/C12H14N2O4/c1-3-8(11(15)17-2)13-7-4-5-10-9(6-7)14-12(16)18-10/h4-6,8,13H,3H2,1-2H3,(H,14,16). The molecule has 6 nitrogen and oxygen atoms in total. The molecular formula is C12H14N2O4. The molecule has 0 fully saturated rings. The smallest absolute Gasteiger partial charge is 0.417 e. The number of aromatic nitrogens is 1. The lowest BCUT2D eigenvalue weighted by atomic mass is 10.2. The van der Waals surface area contributed by atoms with Crippen LogP contribution in [0.4, 0.5) is 5.69 Å². The van der Waals surface area contributed by atoms with Gasteiger partial charge in [0.25, 0.3) is 0 Å². The number of oxazole rings is 1. The average molecular weight is 250 g/mol. The van der Waals surface area contributed by atoms with Crippen molar-refractivity contribution >= 4 is 22.8 Å². The molecule has 0 aliphatic rings. The third-order valence-electron chi connectivity index (χ3n) is 2.65. The number of benzene rings is 1. The van der Waals surface area contributed by atoms with Gasteiger partial charge in [-0.05, 0) is 24.6 Å². The summed E-state index contributed by atoms with van der Waals surface area (Å²) in [5.41, 5.74) is 1.79. The fourth-order valence-electron chi connectivity index (χ4n) is 1.71. The van der Waals surface area contributed by atoms with Crippen LogP contribution in [0.3, 0.4) is 0 Å². The maximum atomic E-state index is 11.5. The molecule has 1 atom stereocenters. The lowest BCUT2D eigenvalue weighted by Gasteiger charge is -2.15. The summed E-state index contributed by atoms with van der Waals surface area (Å²) in [5.74, 6) is -0.819. The summed E-state index contributed by atoms with van der Waals surface area (Å²) in [6, 6.07) is 4.71. The first-order chi connectivity index (χ1) is 8.63. The van der Waals surface area contributed by atoms with Gasteiger partial charge in [0, 0.05) is 5.69 Å². The summed E-state index contributed by atoms with van der Waals surface area (Å²) in [4.78, 5) is 25.0. The van der Waals surface area contributed by atoms with Crippen LogP contribution in [0.2, 0.25) is 0 Å². The van der Waals surface area contributed by atoms with Crippen molar-refractivity contribution in [1.29, 1.82) is 0 Å². The molecule has 6 heteroatoms. The second-order valence-corrected chi connectivity index (χ2v) is 3.85. The Hall–Kier alpha value is -2.24. The van der Waals surface area contributed by atoms with Crippen LogP contribution >= 0.6 is 0 Å². The Morgan fingerprint density at radius 3 is 3.00 bits per heavy atom. The van der Waals surface area contributed by atoms with E-state index in [1.165, 1.54) is 7.11 Å². The van der Waals surface area contributed by atoms with E-state index in [1.807, 2.05) is 6.92 Å². The highest BCUT2D eigenvalue weighted by molar-refractivity contribution is 5.81. The van der Waals surface area contributed by atoms with Gasteiger partial charge in [0.1, 0.15) is 6.04 Å². The first kappa shape index (κ1) is 12.2. The third-order valence-corrected chi connectivity index (χ3v) is 2.65. The lowest BCUT2D eigenvalue weighted by Crippen LogP contribution is -2.29. The number of rotatable bonds is 4. The molecule has 1 heterocycles. The van der Waals surface area contributed by atoms with Gasteiger partial charge in [0.15, 0.2) is 5.58 Å². The Labute approximate surface area is 103 Å². The van der Waals surface area contributed by atoms with Crippen LogP contribution in [0, 0.1) is 0 Å². The number of H-pyrrole nitrogens is 1. The van der Waals surface area contributed by atoms with Crippen LogP contribution < -0.4 is 11.1 Å². The third kappa shape index (κ3) is 2.37. The fourth-order valence-corrected chi connectivity index (χ4v) is 1.71. The van der Waals surface area contributed by atoms with E-state index in [2.05, 4.69) is 15.0 Å². The molecule has 1 unspecified atom stereocenters. The monoisotopic (exact) mass is 250 g/mol. The van der Waals surface area contributed by atoms with Gasteiger partial charge in [-0.2, -0.15) is 0 Å². The van der Waals surface area contributed by atoms with Gasteiger partial charge in [0.05, 0.1) is 12.6 Å². The average Bonchev–Trinajstić information content (AvgIpc) is 2.74. The summed E-state index contributed by atoms with van der Waals surface area (Å²) < 4.78 is 9.58. The molecule has 0 aliphatic heterocycles. The van der Waals surface area contributed by atoms with Crippen molar-refractivity contribution in [3.05, 3.63) is 28.7 Å². The number of hydrogen-bond acceptors (Lipinski definition) is 5.